The number of carbonyl (C=O) groups is 2. The fourth-order valence-corrected chi connectivity index (χ4v) is 5.02. The van der Waals surface area contributed by atoms with E-state index in [0.717, 1.165) is 11.8 Å². The zero-order valence-corrected chi connectivity index (χ0v) is 22.0. The molecule has 1 aliphatic heterocycles. The maximum absolute atomic E-state index is 14.9. The number of nitrogens with one attached hydrogen (secondary N) is 1. The number of morpholine rings is 1. The molecule has 1 saturated heterocycles. The van der Waals surface area contributed by atoms with Gasteiger partial charge < -0.3 is 20.7 Å². The summed E-state index contributed by atoms with van der Waals surface area (Å²) in [6.45, 7) is 4.28. The van der Waals surface area contributed by atoms with Crippen LogP contribution in [0.25, 0.3) is 0 Å². The van der Waals surface area contributed by atoms with Crippen LogP contribution in [0.2, 0.25) is 5.02 Å². The smallest absolute Gasteiger partial charge is 0.274 e. The van der Waals surface area contributed by atoms with Crippen molar-refractivity contribution in [3.8, 4) is 0 Å². The lowest BCUT2D eigenvalue weighted by atomic mass is 9.96. The normalized spacial score (nSPS) is 16.3. The van der Waals surface area contributed by atoms with Crippen LogP contribution < -0.4 is 11.1 Å². The van der Waals surface area contributed by atoms with Crippen molar-refractivity contribution in [1.29, 1.82) is 0 Å². The van der Waals surface area contributed by atoms with Crippen molar-refractivity contribution in [2.75, 3.05) is 38.4 Å². The molecule has 12 heteroatoms. The van der Waals surface area contributed by atoms with Crippen LogP contribution in [-0.4, -0.2) is 64.7 Å². The summed E-state index contributed by atoms with van der Waals surface area (Å²) < 4.78 is 32.0. The van der Waals surface area contributed by atoms with Gasteiger partial charge in [0.25, 0.3) is 5.91 Å². The predicted molar refractivity (Wildman–Crippen MR) is 142 cm³/mol. The second-order valence-electron chi connectivity index (χ2n) is 8.56. The Morgan fingerprint density at radius 3 is 2.70 bits per heavy atom. The number of nitrogens with two attached hydrogens (primary N) is 1. The first-order chi connectivity index (χ1) is 17.6. The average Bonchev–Trinajstić information content (AvgIpc) is 2.86. The molecule has 0 radical (unpaired) electrons. The first-order valence-electron chi connectivity index (χ1n) is 11.4. The zero-order chi connectivity index (χ0) is 27.0. The third kappa shape index (κ3) is 8.24. The van der Waals surface area contributed by atoms with E-state index in [1.807, 2.05) is 0 Å². The molecular formula is C25H28ClF2N5O3S. The van der Waals surface area contributed by atoms with Crippen LogP contribution >= 0.6 is 23.4 Å². The summed E-state index contributed by atoms with van der Waals surface area (Å²) in [5.41, 5.74) is 7.08. The third-order valence-electron chi connectivity index (χ3n) is 5.52. The molecule has 0 spiro atoms. The number of carbonyl (C=O) groups excluding carboxylic acids is 2. The first-order valence-corrected chi connectivity index (χ1v) is 12.6. The number of aromatic nitrogens is 1. The second kappa shape index (κ2) is 13.0. The number of amidine groups is 1. The highest BCUT2D eigenvalue weighted by Gasteiger charge is 2.29. The Bertz CT molecular complexity index is 1190. The Balaban J connectivity index is 1.87. The molecule has 0 unspecified atom stereocenters. The largest absolute Gasteiger partial charge is 0.378 e. The Morgan fingerprint density at radius 2 is 2.05 bits per heavy atom. The van der Waals surface area contributed by atoms with Gasteiger partial charge in [0.2, 0.25) is 5.91 Å². The number of amides is 2. The van der Waals surface area contributed by atoms with Crippen LogP contribution in [0, 0.1) is 5.82 Å². The number of anilines is 1. The molecule has 2 aromatic rings. The number of ether oxygens (including phenoxy) is 1. The first kappa shape index (κ1) is 28.5. The minimum Gasteiger partial charge on any atom is -0.378 e. The molecule has 37 heavy (non-hydrogen) atoms. The van der Waals surface area contributed by atoms with Crippen LogP contribution in [-0.2, 0) is 16.0 Å². The van der Waals surface area contributed by atoms with E-state index >= 15 is 0 Å². The molecule has 2 amide bonds. The molecule has 3 N–H and O–H groups in total. The fourth-order valence-electron chi connectivity index (χ4n) is 3.85. The van der Waals surface area contributed by atoms with Gasteiger partial charge in [-0.1, -0.05) is 29.4 Å². The summed E-state index contributed by atoms with van der Waals surface area (Å²) in [6, 6.07) is 7.18. The molecule has 1 aromatic carbocycles. The Hall–Kier alpha value is -3.02. The topological polar surface area (TPSA) is 110 Å². The molecule has 0 aliphatic carbocycles. The van der Waals surface area contributed by atoms with Crippen LogP contribution in [0.15, 0.2) is 53.2 Å². The van der Waals surface area contributed by atoms with E-state index in [4.69, 9.17) is 22.1 Å². The molecule has 2 heterocycles. The summed E-state index contributed by atoms with van der Waals surface area (Å²) in [5, 5.41) is 3.05. The van der Waals surface area contributed by atoms with E-state index in [1.165, 1.54) is 30.5 Å². The maximum atomic E-state index is 14.9. The summed E-state index contributed by atoms with van der Waals surface area (Å²) >= 11 is 6.85. The van der Waals surface area contributed by atoms with Crippen molar-refractivity contribution in [2.45, 2.75) is 25.0 Å². The van der Waals surface area contributed by atoms with Gasteiger partial charge in [-0.05, 0) is 56.2 Å². The number of hydrogen-bond donors (Lipinski definition) is 2. The lowest BCUT2D eigenvalue weighted by molar-refractivity contribution is -0.131. The van der Waals surface area contributed by atoms with Crippen LogP contribution in [0.1, 0.15) is 29.9 Å². The fraction of sp³-hybridized carbons (Fsp3) is 0.360. The standard InChI is InChI=1S/C25H28ClF2N5O3S/c1-16(23(35)33-7-9-36-10-8-33)12-25(2,37-24(29)31-15-27)13-17-11-19(4-5-20(17)28)32-22(34)21-6-3-18(26)14-30-21/h3-6,11-12,14H,7-10,13,15H2,1-2H3,(H2,29,31)(H,32,34)/b16-12+/t25-/m0/s1. The molecule has 1 aromatic heterocycles. The van der Waals surface area contributed by atoms with E-state index in [9.17, 15) is 18.4 Å². The molecule has 0 saturated carbocycles. The number of halogens is 3. The third-order valence-corrected chi connectivity index (χ3v) is 6.81. The van der Waals surface area contributed by atoms with Gasteiger partial charge in [-0.15, -0.1) is 0 Å². The average molecular weight is 552 g/mol. The Labute approximate surface area is 223 Å². The number of pyridine rings is 1. The van der Waals surface area contributed by atoms with Gasteiger partial charge in [0.15, 0.2) is 12.0 Å². The van der Waals surface area contributed by atoms with Crippen molar-refractivity contribution in [2.24, 2.45) is 10.7 Å². The summed E-state index contributed by atoms with van der Waals surface area (Å²) in [7, 11) is 0. The van der Waals surface area contributed by atoms with E-state index in [1.54, 1.807) is 30.9 Å². The molecule has 3 rings (SSSR count). The number of aliphatic imine (C=N–C) groups is 1. The van der Waals surface area contributed by atoms with Crippen molar-refractivity contribution >= 4 is 46.0 Å². The highest BCUT2D eigenvalue weighted by atomic mass is 35.5. The van der Waals surface area contributed by atoms with Gasteiger partial charge >= 0.3 is 0 Å². The number of thioether (sulfide) groups is 1. The van der Waals surface area contributed by atoms with Crippen molar-refractivity contribution in [1.82, 2.24) is 9.88 Å². The SMILES string of the molecule is C/C(=C\[C@@](C)(Cc1cc(NC(=O)c2ccc(Cl)cn2)ccc1F)S/C(N)=N\CF)C(=O)N1CCOCC1. The molecule has 0 bridgehead atoms. The molecule has 198 valence electrons. The zero-order valence-electron chi connectivity index (χ0n) is 20.5. The molecular weight excluding hydrogens is 524 g/mol. The number of hydrogen-bond acceptors (Lipinski definition) is 6. The minimum absolute atomic E-state index is 0.0356. The monoisotopic (exact) mass is 551 g/mol. The van der Waals surface area contributed by atoms with Gasteiger partial charge in [0.1, 0.15) is 11.5 Å². The van der Waals surface area contributed by atoms with E-state index in [-0.39, 0.29) is 28.8 Å². The molecule has 8 nitrogen and oxygen atoms in total. The lowest BCUT2D eigenvalue weighted by Crippen LogP contribution is -2.41. The van der Waals surface area contributed by atoms with Crippen LogP contribution in [0.4, 0.5) is 14.5 Å². The quantitative estimate of drug-likeness (QED) is 0.220. The van der Waals surface area contributed by atoms with Gasteiger partial charge in [-0.3, -0.25) is 9.59 Å². The van der Waals surface area contributed by atoms with E-state index in [0.29, 0.717) is 42.6 Å². The minimum atomic E-state index is -1.00. The Morgan fingerprint density at radius 1 is 1.32 bits per heavy atom. The highest BCUT2D eigenvalue weighted by Crippen LogP contribution is 2.34. The van der Waals surface area contributed by atoms with Gasteiger partial charge in [-0.25, -0.2) is 18.8 Å². The van der Waals surface area contributed by atoms with Crippen LogP contribution in [0.3, 0.4) is 0 Å². The molecule has 1 atom stereocenters. The van der Waals surface area contributed by atoms with Crippen molar-refractivity contribution in [3.63, 3.8) is 0 Å². The highest BCUT2D eigenvalue weighted by molar-refractivity contribution is 8.15. The molecule has 1 aliphatic rings. The van der Waals surface area contributed by atoms with Crippen LogP contribution in [0.5, 0.6) is 0 Å². The number of rotatable bonds is 8. The second-order valence-corrected chi connectivity index (χ2v) is 10.6. The Kier molecular flexibility index (Phi) is 10.0. The van der Waals surface area contributed by atoms with Gasteiger partial charge in [0, 0.05) is 35.3 Å². The van der Waals surface area contributed by atoms with Crippen molar-refractivity contribution in [3.05, 3.63) is 70.3 Å². The summed E-state index contributed by atoms with van der Waals surface area (Å²) in [6.07, 6.45) is 3.12. The maximum Gasteiger partial charge on any atom is 0.274 e. The van der Waals surface area contributed by atoms with Gasteiger partial charge in [0.05, 0.1) is 18.2 Å². The number of benzene rings is 1. The summed E-state index contributed by atoms with van der Waals surface area (Å²) in [5.74, 6) is -1.17. The number of nitrogens with zero attached hydrogens (tertiary/aromatic N) is 3. The van der Waals surface area contributed by atoms with Crippen molar-refractivity contribution < 1.29 is 23.1 Å². The number of alkyl halides is 1. The molecule has 1 fully saturated rings. The predicted octanol–water partition coefficient (Wildman–Crippen LogP) is 4.21. The van der Waals surface area contributed by atoms with Gasteiger partial charge in [-0.2, -0.15) is 0 Å². The van der Waals surface area contributed by atoms with E-state index < -0.39 is 23.3 Å². The summed E-state index contributed by atoms with van der Waals surface area (Å²) in [4.78, 5) is 34.8. The lowest BCUT2D eigenvalue weighted by Gasteiger charge is -2.30. The van der Waals surface area contributed by atoms with E-state index in [2.05, 4.69) is 15.3 Å².